The maximum atomic E-state index is 12.6. The zero-order chi connectivity index (χ0) is 8.43. The normalized spacial score (nSPS) is 10.1. The van der Waals surface area contributed by atoms with Gasteiger partial charge in [-0.15, -0.1) is 0 Å². The molecule has 0 heterocycles. The second kappa shape index (κ2) is 2.88. The van der Waals surface area contributed by atoms with E-state index in [1.807, 2.05) is 0 Å². The first-order valence-corrected chi connectivity index (χ1v) is 3.24. The lowest BCUT2D eigenvalue weighted by atomic mass is 10.1. The van der Waals surface area contributed by atoms with Gasteiger partial charge in [0.25, 0.3) is 0 Å². The second-order valence-electron chi connectivity index (χ2n) is 2.39. The zero-order valence-corrected chi connectivity index (χ0v) is 6.13. The Hall–Kier alpha value is -1.09. The van der Waals surface area contributed by atoms with E-state index in [4.69, 9.17) is 10.2 Å². The summed E-state index contributed by atoms with van der Waals surface area (Å²) in [4.78, 5) is 0. The van der Waals surface area contributed by atoms with Gasteiger partial charge in [0.15, 0.2) is 11.6 Å². The maximum absolute atomic E-state index is 12.6. The summed E-state index contributed by atoms with van der Waals surface area (Å²) in [6, 6.07) is 2.42. The van der Waals surface area contributed by atoms with Crippen LogP contribution in [0.15, 0.2) is 12.1 Å². The molecule has 1 aromatic carbocycles. The number of aryl methyl sites for hydroxylation is 1. The summed E-state index contributed by atoms with van der Waals surface area (Å²) in [5, 5.41) is 17.6. The monoisotopic (exact) mass is 156 g/mol. The summed E-state index contributed by atoms with van der Waals surface area (Å²) in [7, 11) is 0. The molecular weight excluding hydrogens is 147 g/mol. The summed E-state index contributed by atoms with van der Waals surface area (Å²) in [5.74, 6) is -1.07. The summed E-state index contributed by atoms with van der Waals surface area (Å²) < 4.78 is 12.6. The fraction of sp³-hybridized carbons (Fsp3) is 0.250. The molecule has 0 saturated heterocycles. The minimum absolute atomic E-state index is 0.181. The molecule has 60 valence electrons. The highest BCUT2D eigenvalue weighted by atomic mass is 19.1. The van der Waals surface area contributed by atoms with Crippen molar-refractivity contribution in [2.24, 2.45) is 0 Å². The Morgan fingerprint density at radius 2 is 2.09 bits per heavy atom. The van der Waals surface area contributed by atoms with Gasteiger partial charge in [-0.1, -0.05) is 0 Å². The van der Waals surface area contributed by atoms with E-state index >= 15 is 0 Å². The van der Waals surface area contributed by atoms with E-state index in [-0.39, 0.29) is 6.61 Å². The van der Waals surface area contributed by atoms with Gasteiger partial charge in [0.05, 0.1) is 6.61 Å². The van der Waals surface area contributed by atoms with Crippen LogP contribution in [-0.4, -0.2) is 10.2 Å². The van der Waals surface area contributed by atoms with Gasteiger partial charge in [-0.05, 0) is 30.2 Å². The van der Waals surface area contributed by atoms with Gasteiger partial charge in [0.2, 0.25) is 0 Å². The smallest absolute Gasteiger partial charge is 0.165 e. The second-order valence-corrected chi connectivity index (χ2v) is 2.39. The predicted octanol–water partition coefficient (Wildman–Crippen LogP) is 1.33. The van der Waals surface area contributed by atoms with E-state index < -0.39 is 11.6 Å². The molecular formula is C8H9FO2. The van der Waals surface area contributed by atoms with Crippen LogP contribution in [0.3, 0.4) is 0 Å². The zero-order valence-electron chi connectivity index (χ0n) is 6.13. The minimum Gasteiger partial charge on any atom is -0.505 e. The molecule has 2 nitrogen and oxygen atoms in total. The van der Waals surface area contributed by atoms with Crippen molar-refractivity contribution in [1.82, 2.24) is 0 Å². The largest absolute Gasteiger partial charge is 0.505 e. The van der Waals surface area contributed by atoms with E-state index in [9.17, 15) is 4.39 Å². The average Bonchev–Trinajstić information content (AvgIpc) is 1.97. The van der Waals surface area contributed by atoms with Gasteiger partial charge in [-0.25, -0.2) is 4.39 Å². The van der Waals surface area contributed by atoms with Gasteiger partial charge >= 0.3 is 0 Å². The van der Waals surface area contributed by atoms with Gasteiger partial charge in [0, 0.05) is 0 Å². The summed E-state index contributed by atoms with van der Waals surface area (Å²) in [5.41, 5.74) is 1.19. The van der Waals surface area contributed by atoms with Crippen LogP contribution < -0.4 is 0 Å². The van der Waals surface area contributed by atoms with Crippen molar-refractivity contribution in [3.63, 3.8) is 0 Å². The van der Waals surface area contributed by atoms with Crippen LogP contribution in [0.25, 0.3) is 0 Å². The van der Waals surface area contributed by atoms with Crippen LogP contribution in [-0.2, 0) is 6.61 Å². The van der Waals surface area contributed by atoms with Crippen LogP contribution in [0, 0.1) is 12.7 Å². The summed E-state index contributed by atoms with van der Waals surface area (Å²) in [6.45, 7) is 1.49. The fourth-order valence-electron chi connectivity index (χ4n) is 0.875. The fourth-order valence-corrected chi connectivity index (χ4v) is 0.875. The molecule has 0 bridgehead atoms. The quantitative estimate of drug-likeness (QED) is 0.644. The number of benzene rings is 1. The molecule has 11 heavy (non-hydrogen) atoms. The van der Waals surface area contributed by atoms with Gasteiger partial charge in [-0.3, -0.25) is 0 Å². The van der Waals surface area contributed by atoms with Crippen LogP contribution in [0.1, 0.15) is 11.1 Å². The van der Waals surface area contributed by atoms with Crippen molar-refractivity contribution in [2.75, 3.05) is 0 Å². The first-order chi connectivity index (χ1) is 5.15. The Kier molecular flexibility index (Phi) is 2.10. The molecule has 0 aliphatic rings. The molecule has 3 heteroatoms. The van der Waals surface area contributed by atoms with E-state index in [0.717, 1.165) is 0 Å². The molecule has 0 aliphatic heterocycles. The Morgan fingerprint density at radius 1 is 1.45 bits per heavy atom. The minimum atomic E-state index is -0.653. The number of phenols is 1. The van der Waals surface area contributed by atoms with E-state index in [1.165, 1.54) is 12.1 Å². The SMILES string of the molecule is Cc1cc(F)c(O)cc1CO. The molecule has 0 amide bonds. The standard InChI is InChI=1S/C8H9FO2/c1-5-2-7(9)8(11)3-6(5)4-10/h2-3,10-11H,4H2,1H3. The third-order valence-electron chi connectivity index (χ3n) is 1.58. The van der Waals surface area contributed by atoms with Crippen LogP contribution in [0.2, 0.25) is 0 Å². The molecule has 2 N–H and O–H groups in total. The third-order valence-corrected chi connectivity index (χ3v) is 1.58. The highest BCUT2D eigenvalue weighted by Gasteiger charge is 2.04. The number of hydrogen-bond donors (Lipinski definition) is 2. The molecule has 0 spiro atoms. The molecule has 1 rings (SSSR count). The number of phenolic OH excluding ortho intramolecular Hbond substituents is 1. The topological polar surface area (TPSA) is 40.5 Å². The lowest BCUT2D eigenvalue weighted by molar-refractivity contribution is 0.280. The molecule has 0 fully saturated rings. The Bertz CT molecular complexity index is 271. The number of aromatic hydroxyl groups is 1. The molecule has 0 atom stereocenters. The first kappa shape index (κ1) is 8.01. The molecule has 0 aliphatic carbocycles. The number of hydrogen-bond acceptors (Lipinski definition) is 2. The number of aliphatic hydroxyl groups is 1. The van der Waals surface area contributed by atoms with Crippen molar-refractivity contribution in [3.8, 4) is 5.75 Å². The van der Waals surface area contributed by atoms with Gasteiger partial charge in [-0.2, -0.15) is 0 Å². The lowest BCUT2D eigenvalue weighted by Gasteiger charge is -2.02. The average molecular weight is 156 g/mol. The Morgan fingerprint density at radius 3 is 2.64 bits per heavy atom. The van der Waals surface area contributed by atoms with Crippen molar-refractivity contribution >= 4 is 0 Å². The Balaban J connectivity index is 3.21. The number of aliphatic hydroxyl groups excluding tert-OH is 1. The van der Waals surface area contributed by atoms with Crippen molar-refractivity contribution in [3.05, 3.63) is 29.1 Å². The first-order valence-electron chi connectivity index (χ1n) is 3.24. The predicted molar refractivity (Wildman–Crippen MR) is 38.7 cm³/mol. The van der Waals surface area contributed by atoms with Crippen molar-refractivity contribution in [1.29, 1.82) is 0 Å². The van der Waals surface area contributed by atoms with Crippen LogP contribution >= 0.6 is 0 Å². The summed E-state index contributed by atoms with van der Waals surface area (Å²) >= 11 is 0. The molecule has 1 aromatic rings. The number of rotatable bonds is 1. The highest BCUT2D eigenvalue weighted by molar-refractivity contribution is 5.34. The van der Waals surface area contributed by atoms with Crippen LogP contribution in [0.5, 0.6) is 5.75 Å². The van der Waals surface area contributed by atoms with Gasteiger partial charge in [0.1, 0.15) is 0 Å². The summed E-state index contributed by atoms with van der Waals surface area (Å²) in [6.07, 6.45) is 0. The van der Waals surface area contributed by atoms with Crippen molar-refractivity contribution in [2.45, 2.75) is 13.5 Å². The van der Waals surface area contributed by atoms with Gasteiger partial charge < -0.3 is 10.2 Å². The van der Waals surface area contributed by atoms with E-state index in [2.05, 4.69) is 0 Å². The third kappa shape index (κ3) is 1.49. The lowest BCUT2D eigenvalue weighted by Crippen LogP contribution is -1.89. The Labute approximate surface area is 63.9 Å². The number of halogens is 1. The maximum Gasteiger partial charge on any atom is 0.165 e. The van der Waals surface area contributed by atoms with Crippen LogP contribution in [0.4, 0.5) is 4.39 Å². The molecule has 0 radical (unpaired) electrons. The van der Waals surface area contributed by atoms with Crippen molar-refractivity contribution < 1.29 is 14.6 Å². The van der Waals surface area contributed by atoms with E-state index in [1.54, 1.807) is 6.92 Å². The molecule has 0 saturated carbocycles. The molecule has 0 unspecified atom stereocenters. The highest BCUT2D eigenvalue weighted by Crippen LogP contribution is 2.20. The molecule has 0 aromatic heterocycles. The van der Waals surface area contributed by atoms with E-state index in [0.29, 0.717) is 11.1 Å².